The highest BCUT2D eigenvalue weighted by Gasteiger charge is 2.05. The Morgan fingerprint density at radius 1 is 0.852 bits per heavy atom. The van der Waals surface area contributed by atoms with Gasteiger partial charge in [-0.2, -0.15) is 0 Å². The van der Waals surface area contributed by atoms with Crippen LogP contribution in [0.4, 0.5) is 0 Å². The molecule has 0 radical (unpaired) electrons. The van der Waals surface area contributed by atoms with Gasteiger partial charge in [-0.05, 0) is 43.5 Å². The van der Waals surface area contributed by atoms with E-state index in [0.29, 0.717) is 32.5 Å². The van der Waals surface area contributed by atoms with Gasteiger partial charge < -0.3 is 15.4 Å². The van der Waals surface area contributed by atoms with Gasteiger partial charge in [-0.15, -0.1) is 0 Å². The van der Waals surface area contributed by atoms with Gasteiger partial charge in [0, 0.05) is 19.5 Å². The van der Waals surface area contributed by atoms with Crippen molar-refractivity contribution in [3.63, 3.8) is 0 Å². The molecular weight excluding hydrogens is 340 g/mol. The molecule has 2 rings (SSSR count). The molecule has 0 aliphatic carbocycles. The Hall–Kier alpha value is -2.82. The third-order valence-corrected chi connectivity index (χ3v) is 4.13. The molecule has 0 spiro atoms. The summed E-state index contributed by atoms with van der Waals surface area (Å²) < 4.78 is 5.38. The first-order valence-electron chi connectivity index (χ1n) is 9.37. The third-order valence-electron chi connectivity index (χ3n) is 4.13. The minimum absolute atomic E-state index is 0.00339. The molecule has 144 valence electrons. The van der Waals surface area contributed by atoms with Gasteiger partial charge in [0.05, 0.1) is 13.0 Å². The lowest BCUT2D eigenvalue weighted by Gasteiger charge is -2.08. The molecule has 0 aliphatic heterocycles. The summed E-state index contributed by atoms with van der Waals surface area (Å²) in [5.74, 6) is 0.736. The number of amides is 2. The fourth-order valence-electron chi connectivity index (χ4n) is 2.62. The van der Waals surface area contributed by atoms with Crippen LogP contribution in [0.5, 0.6) is 5.75 Å². The van der Waals surface area contributed by atoms with E-state index in [4.69, 9.17) is 4.74 Å². The first-order valence-corrected chi connectivity index (χ1v) is 9.37. The molecule has 0 heterocycles. The van der Waals surface area contributed by atoms with Crippen molar-refractivity contribution in [2.75, 3.05) is 19.7 Å². The first kappa shape index (κ1) is 20.5. The summed E-state index contributed by atoms with van der Waals surface area (Å²) in [5, 5.41) is 5.66. The van der Waals surface area contributed by atoms with E-state index in [9.17, 15) is 9.59 Å². The maximum absolute atomic E-state index is 12.0. The fourth-order valence-corrected chi connectivity index (χ4v) is 2.62. The van der Waals surface area contributed by atoms with Gasteiger partial charge in [0.2, 0.25) is 11.8 Å². The molecule has 0 aromatic heterocycles. The van der Waals surface area contributed by atoms with Crippen molar-refractivity contribution in [2.45, 2.75) is 33.1 Å². The van der Waals surface area contributed by atoms with Crippen LogP contribution in [0.25, 0.3) is 0 Å². The molecule has 2 aromatic rings. The summed E-state index contributed by atoms with van der Waals surface area (Å²) in [6.45, 7) is 5.45. The Kier molecular flexibility index (Phi) is 8.36. The minimum atomic E-state index is -0.0620. The van der Waals surface area contributed by atoms with Crippen molar-refractivity contribution in [3.8, 4) is 5.75 Å². The average molecular weight is 368 g/mol. The van der Waals surface area contributed by atoms with Crippen LogP contribution in [-0.2, 0) is 22.4 Å². The van der Waals surface area contributed by atoms with Crippen LogP contribution < -0.4 is 15.4 Å². The lowest BCUT2D eigenvalue weighted by molar-refractivity contribution is -0.122. The molecule has 2 N–H and O–H groups in total. The molecule has 5 nitrogen and oxygen atoms in total. The second-order valence-corrected chi connectivity index (χ2v) is 6.44. The Bertz CT molecular complexity index is 724. The Labute approximate surface area is 161 Å². The molecule has 27 heavy (non-hydrogen) atoms. The molecule has 0 unspecified atom stereocenters. The lowest BCUT2D eigenvalue weighted by atomic mass is 10.1. The van der Waals surface area contributed by atoms with Crippen LogP contribution in [-0.4, -0.2) is 31.5 Å². The van der Waals surface area contributed by atoms with E-state index in [1.807, 2.05) is 62.4 Å². The van der Waals surface area contributed by atoms with Crippen molar-refractivity contribution in [3.05, 3.63) is 65.2 Å². The molecule has 0 saturated heterocycles. The molecule has 0 aliphatic rings. The quantitative estimate of drug-likeness (QED) is 0.634. The van der Waals surface area contributed by atoms with Crippen molar-refractivity contribution >= 4 is 11.8 Å². The third kappa shape index (κ3) is 7.94. The number of rotatable bonds is 10. The highest BCUT2D eigenvalue weighted by molar-refractivity contribution is 5.79. The van der Waals surface area contributed by atoms with Gasteiger partial charge in [0.1, 0.15) is 5.75 Å². The van der Waals surface area contributed by atoms with Crippen LogP contribution in [0.3, 0.4) is 0 Å². The SMILES string of the molecule is CCOc1ccc(CC(=O)NCCNC(=O)CCc2ccc(C)cc2)cc1. The summed E-state index contributed by atoms with van der Waals surface area (Å²) >= 11 is 0. The van der Waals surface area contributed by atoms with Crippen molar-refractivity contribution in [1.29, 1.82) is 0 Å². The summed E-state index contributed by atoms with van der Waals surface area (Å²) in [6, 6.07) is 15.7. The Balaban J connectivity index is 1.59. The predicted molar refractivity (Wildman–Crippen MR) is 107 cm³/mol. The maximum atomic E-state index is 12.0. The normalized spacial score (nSPS) is 10.3. The molecule has 0 saturated carbocycles. The second-order valence-electron chi connectivity index (χ2n) is 6.44. The molecular formula is C22H28N2O3. The van der Waals surface area contributed by atoms with Crippen molar-refractivity contribution in [1.82, 2.24) is 10.6 Å². The van der Waals surface area contributed by atoms with E-state index >= 15 is 0 Å². The molecule has 0 atom stereocenters. The van der Waals surface area contributed by atoms with Gasteiger partial charge in [-0.3, -0.25) is 9.59 Å². The smallest absolute Gasteiger partial charge is 0.224 e. The molecule has 0 bridgehead atoms. The van der Waals surface area contributed by atoms with Gasteiger partial charge in [-0.1, -0.05) is 42.0 Å². The number of ether oxygens (including phenoxy) is 1. The lowest BCUT2D eigenvalue weighted by Crippen LogP contribution is -2.35. The zero-order chi connectivity index (χ0) is 19.5. The number of aryl methyl sites for hydroxylation is 2. The zero-order valence-electron chi connectivity index (χ0n) is 16.1. The van der Waals surface area contributed by atoms with Crippen molar-refractivity contribution < 1.29 is 14.3 Å². The van der Waals surface area contributed by atoms with Gasteiger partial charge in [-0.25, -0.2) is 0 Å². The first-order chi connectivity index (χ1) is 13.1. The summed E-state index contributed by atoms with van der Waals surface area (Å²) in [4.78, 5) is 23.8. The molecule has 2 aromatic carbocycles. The number of benzene rings is 2. The van der Waals surface area contributed by atoms with Crippen LogP contribution >= 0.6 is 0 Å². The molecule has 5 heteroatoms. The number of nitrogens with one attached hydrogen (secondary N) is 2. The standard InChI is InChI=1S/C22H28N2O3/c1-3-27-20-11-8-19(9-12-20)16-22(26)24-15-14-23-21(25)13-10-18-6-4-17(2)5-7-18/h4-9,11-12H,3,10,13-16H2,1-2H3,(H,23,25)(H,24,26). The van der Waals surface area contributed by atoms with Crippen LogP contribution in [0.1, 0.15) is 30.0 Å². The van der Waals surface area contributed by atoms with E-state index in [2.05, 4.69) is 10.6 Å². The highest BCUT2D eigenvalue weighted by Crippen LogP contribution is 2.12. The summed E-state index contributed by atoms with van der Waals surface area (Å²) in [5.41, 5.74) is 3.29. The number of carbonyl (C=O) groups is 2. The van der Waals surface area contributed by atoms with Crippen LogP contribution in [0.2, 0.25) is 0 Å². The number of carbonyl (C=O) groups excluding carboxylic acids is 2. The number of hydrogen-bond acceptors (Lipinski definition) is 3. The number of hydrogen-bond donors (Lipinski definition) is 2. The maximum Gasteiger partial charge on any atom is 0.224 e. The Morgan fingerprint density at radius 3 is 2.07 bits per heavy atom. The Morgan fingerprint density at radius 2 is 1.44 bits per heavy atom. The predicted octanol–water partition coefficient (Wildman–Crippen LogP) is 2.80. The van der Waals surface area contributed by atoms with E-state index in [1.54, 1.807) is 0 Å². The van der Waals surface area contributed by atoms with E-state index in [-0.39, 0.29) is 11.8 Å². The van der Waals surface area contributed by atoms with Crippen LogP contribution in [0, 0.1) is 6.92 Å². The van der Waals surface area contributed by atoms with Gasteiger partial charge in [0.15, 0.2) is 0 Å². The average Bonchev–Trinajstić information content (AvgIpc) is 2.66. The monoisotopic (exact) mass is 368 g/mol. The highest BCUT2D eigenvalue weighted by atomic mass is 16.5. The summed E-state index contributed by atoms with van der Waals surface area (Å²) in [6.07, 6.45) is 1.48. The van der Waals surface area contributed by atoms with Gasteiger partial charge >= 0.3 is 0 Å². The van der Waals surface area contributed by atoms with E-state index in [1.165, 1.54) is 5.56 Å². The van der Waals surface area contributed by atoms with E-state index in [0.717, 1.165) is 23.3 Å². The molecule has 2 amide bonds. The second kappa shape index (κ2) is 11.0. The van der Waals surface area contributed by atoms with Crippen molar-refractivity contribution in [2.24, 2.45) is 0 Å². The zero-order valence-corrected chi connectivity index (χ0v) is 16.1. The topological polar surface area (TPSA) is 67.4 Å². The van der Waals surface area contributed by atoms with E-state index < -0.39 is 0 Å². The minimum Gasteiger partial charge on any atom is -0.494 e. The largest absolute Gasteiger partial charge is 0.494 e. The molecule has 0 fully saturated rings. The van der Waals surface area contributed by atoms with Crippen LogP contribution in [0.15, 0.2) is 48.5 Å². The summed E-state index contributed by atoms with van der Waals surface area (Å²) in [7, 11) is 0. The van der Waals surface area contributed by atoms with Gasteiger partial charge in [0.25, 0.3) is 0 Å². The fraction of sp³-hybridized carbons (Fsp3) is 0.364.